The van der Waals surface area contributed by atoms with Crippen molar-refractivity contribution >= 4 is 23.1 Å². The number of carbonyl (C=O) groups is 1. The monoisotopic (exact) mass is 355 g/mol. The highest BCUT2D eigenvalue weighted by molar-refractivity contribution is 5.94. The van der Waals surface area contributed by atoms with Gasteiger partial charge in [0, 0.05) is 11.8 Å². The fourth-order valence-electron chi connectivity index (χ4n) is 3.02. The van der Waals surface area contributed by atoms with Crippen molar-refractivity contribution < 1.29 is 13.9 Å². The second-order valence-corrected chi connectivity index (χ2v) is 6.37. The van der Waals surface area contributed by atoms with E-state index in [9.17, 15) is 9.18 Å². The van der Waals surface area contributed by atoms with E-state index in [-0.39, 0.29) is 30.3 Å². The molecule has 4 rings (SSSR count). The Balaban J connectivity index is 1.81. The van der Waals surface area contributed by atoms with Gasteiger partial charge in [-0.3, -0.25) is 4.79 Å². The van der Waals surface area contributed by atoms with E-state index in [0.29, 0.717) is 28.5 Å². The second-order valence-electron chi connectivity index (χ2n) is 6.37. The number of anilines is 2. The minimum absolute atomic E-state index is 0.148. The van der Waals surface area contributed by atoms with Gasteiger partial charge in [0.05, 0.1) is 18.7 Å². The fourth-order valence-corrected chi connectivity index (χ4v) is 3.02. The molecule has 0 aliphatic carbocycles. The van der Waals surface area contributed by atoms with Crippen molar-refractivity contribution in [1.82, 2.24) is 14.6 Å². The minimum Gasteiger partial charge on any atom is -0.490 e. The number of hydrogen-bond acceptors (Lipinski definition) is 5. The van der Waals surface area contributed by atoms with Crippen molar-refractivity contribution in [3.63, 3.8) is 0 Å². The van der Waals surface area contributed by atoms with Crippen LogP contribution in [0.3, 0.4) is 0 Å². The standard InChI is InChI=1S/C18H18FN5O2/c1-10-7-17(25)22-14-9-20-24-6-5-16(23-18(14)24)21-11(2)13-8-12(19)3-4-15(13)26-10/h3-6,8-11H,7H2,1-2H3,(H,21,23)(H,22,25)/t10-,11+/m0/s1. The predicted molar refractivity (Wildman–Crippen MR) is 94.8 cm³/mol. The van der Waals surface area contributed by atoms with E-state index in [1.54, 1.807) is 36.0 Å². The Hall–Kier alpha value is -3.16. The van der Waals surface area contributed by atoms with Crippen LogP contribution in [0.25, 0.3) is 5.65 Å². The number of nitrogens with one attached hydrogen (secondary N) is 2. The van der Waals surface area contributed by atoms with Crippen LogP contribution < -0.4 is 15.4 Å². The van der Waals surface area contributed by atoms with E-state index in [1.807, 2.05) is 6.92 Å². The number of amides is 1. The lowest BCUT2D eigenvalue weighted by molar-refractivity contribution is -0.117. The van der Waals surface area contributed by atoms with Gasteiger partial charge in [0.1, 0.15) is 29.2 Å². The molecule has 1 aliphatic heterocycles. The third kappa shape index (κ3) is 3.05. The predicted octanol–water partition coefficient (Wildman–Crippen LogP) is 3.15. The molecule has 7 nitrogen and oxygen atoms in total. The van der Waals surface area contributed by atoms with Crippen molar-refractivity contribution in [1.29, 1.82) is 0 Å². The number of fused-ring (bicyclic) bond motifs is 2. The molecule has 1 aromatic carbocycles. The third-order valence-electron chi connectivity index (χ3n) is 4.25. The molecule has 0 spiro atoms. The first-order valence-corrected chi connectivity index (χ1v) is 8.36. The number of nitrogens with zero attached hydrogens (tertiary/aromatic N) is 3. The number of aromatic nitrogens is 3. The average Bonchev–Trinajstić information content (AvgIpc) is 2.98. The molecule has 2 atom stereocenters. The Kier molecular flexibility index (Phi) is 3.95. The van der Waals surface area contributed by atoms with Crippen molar-refractivity contribution in [2.45, 2.75) is 32.4 Å². The SMILES string of the molecule is C[C@H]1CC(=O)Nc2cnn3ccc(nc23)N[C@H](C)c2cc(F)ccc2O1. The molecule has 26 heavy (non-hydrogen) atoms. The normalized spacial score (nSPS) is 20.2. The highest BCUT2D eigenvalue weighted by atomic mass is 19.1. The van der Waals surface area contributed by atoms with E-state index < -0.39 is 0 Å². The van der Waals surface area contributed by atoms with Gasteiger partial charge in [-0.25, -0.2) is 13.9 Å². The molecule has 0 saturated heterocycles. The molecule has 0 unspecified atom stereocenters. The summed E-state index contributed by atoms with van der Waals surface area (Å²) >= 11 is 0. The number of ether oxygens (including phenoxy) is 1. The summed E-state index contributed by atoms with van der Waals surface area (Å²) < 4.78 is 21.3. The highest BCUT2D eigenvalue weighted by Crippen LogP contribution is 2.30. The lowest BCUT2D eigenvalue weighted by Gasteiger charge is -2.21. The first kappa shape index (κ1) is 16.3. The topological polar surface area (TPSA) is 80.6 Å². The number of hydrogen-bond donors (Lipinski definition) is 2. The van der Waals surface area contributed by atoms with Crippen LogP contribution in [0.1, 0.15) is 31.9 Å². The molecule has 2 N–H and O–H groups in total. The quantitative estimate of drug-likeness (QED) is 0.647. The molecule has 134 valence electrons. The van der Waals surface area contributed by atoms with E-state index in [4.69, 9.17) is 4.74 Å². The first-order valence-electron chi connectivity index (χ1n) is 8.36. The zero-order chi connectivity index (χ0) is 18.3. The summed E-state index contributed by atoms with van der Waals surface area (Å²) in [6.07, 6.45) is 3.07. The van der Waals surface area contributed by atoms with Crippen molar-refractivity contribution in [3.05, 3.63) is 48.0 Å². The average molecular weight is 355 g/mol. The molecule has 8 heteroatoms. The van der Waals surface area contributed by atoms with E-state index >= 15 is 0 Å². The Bertz CT molecular complexity index is 987. The Morgan fingerprint density at radius 3 is 3.00 bits per heavy atom. The molecular formula is C18H18FN5O2. The van der Waals surface area contributed by atoms with Gasteiger partial charge < -0.3 is 15.4 Å². The number of benzene rings is 1. The van der Waals surface area contributed by atoms with Gasteiger partial charge in [-0.2, -0.15) is 5.10 Å². The largest absolute Gasteiger partial charge is 0.490 e. The molecule has 0 saturated carbocycles. The minimum atomic E-state index is -0.380. The summed E-state index contributed by atoms with van der Waals surface area (Å²) in [5.41, 5.74) is 1.72. The number of halogens is 1. The van der Waals surface area contributed by atoms with Gasteiger partial charge >= 0.3 is 0 Å². The zero-order valence-corrected chi connectivity index (χ0v) is 14.4. The first-order chi connectivity index (χ1) is 12.5. The lowest BCUT2D eigenvalue weighted by Crippen LogP contribution is -2.22. The van der Waals surface area contributed by atoms with E-state index in [1.165, 1.54) is 12.1 Å². The maximum absolute atomic E-state index is 13.8. The lowest BCUT2D eigenvalue weighted by atomic mass is 10.1. The zero-order valence-electron chi connectivity index (χ0n) is 14.4. The van der Waals surface area contributed by atoms with E-state index in [2.05, 4.69) is 20.7 Å². The van der Waals surface area contributed by atoms with Crippen LogP contribution in [0.2, 0.25) is 0 Å². The van der Waals surface area contributed by atoms with Gasteiger partial charge in [-0.05, 0) is 38.1 Å². The summed E-state index contributed by atoms with van der Waals surface area (Å²) in [6, 6.07) is 5.88. The smallest absolute Gasteiger partial charge is 0.228 e. The third-order valence-corrected chi connectivity index (χ3v) is 4.25. The summed E-state index contributed by atoms with van der Waals surface area (Å²) in [4.78, 5) is 16.8. The van der Waals surface area contributed by atoms with Crippen LogP contribution >= 0.6 is 0 Å². The molecule has 2 aromatic heterocycles. The van der Waals surface area contributed by atoms with Crippen LogP contribution in [-0.2, 0) is 4.79 Å². The highest BCUT2D eigenvalue weighted by Gasteiger charge is 2.20. The molecule has 1 aliphatic rings. The van der Waals surface area contributed by atoms with Gasteiger partial charge in [-0.15, -0.1) is 0 Å². The van der Waals surface area contributed by atoms with Gasteiger partial charge in [0.2, 0.25) is 5.91 Å². The Morgan fingerprint density at radius 2 is 2.15 bits per heavy atom. The van der Waals surface area contributed by atoms with Gasteiger partial charge in [-0.1, -0.05) is 0 Å². The molecular weight excluding hydrogens is 337 g/mol. The van der Waals surface area contributed by atoms with E-state index in [0.717, 1.165) is 0 Å². The summed E-state index contributed by atoms with van der Waals surface area (Å²) in [5, 5.41) is 10.3. The summed E-state index contributed by atoms with van der Waals surface area (Å²) in [6.45, 7) is 3.70. The second kappa shape index (κ2) is 6.29. The number of rotatable bonds is 0. The molecule has 3 heterocycles. The Labute approximate surface area is 149 Å². The fraction of sp³-hybridized carbons (Fsp3) is 0.278. The maximum Gasteiger partial charge on any atom is 0.228 e. The molecule has 1 amide bonds. The number of carbonyl (C=O) groups excluding carboxylic acids is 1. The van der Waals surface area contributed by atoms with Crippen molar-refractivity contribution in [2.24, 2.45) is 0 Å². The maximum atomic E-state index is 13.8. The van der Waals surface area contributed by atoms with Crippen LogP contribution in [0.15, 0.2) is 36.7 Å². The molecule has 3 aromatic rings. The molecule has 0 fully saturated rings. The van der Waals surface area contributed by atoms with Crippen molar-refractivity contribution in [2.75, 3.05) is 10.6 Å². The summed E-state index contributed by atoms with van der Waals surface area (Å²) in [7, 11) is 0. The van der Waals surface area contributed by atoms with Crippen LogP contribution in [-0.4, -0.2) is 26.6 Å². The van der Waals surface area contributed by atoms with Crippen molar-refractivity contribution in [3.8, 4) is 5.75 Å². The molecule has 0 radical (unpaired) electrons. The van der Waals surface area contributed by atoms with Crippen LogP contribution in [0, 0.1) is 5.82 Å². The summed E-state index contributed by atoms with van der Waals surface area (Å²) in [5.74, 6) is 0.569. The van der Waals surface area contributed by atoms with Crippen LogP contribution in [0.5, 0.6) is 5.75 Å². The van der Waals surface area contributed by atoms with Crippen LogP contribution in [0.4, 0.5) is 15.9 Å². The Morgan fingerprint density at radius 1 is 1.31 bits per heavy atom. The van der Waals surface area contributed by atoms with Gasteiger partial charge in [0.15, 0.2) is 5.65 Å². The molecule has 2 bridgehead atoms. The van der Waals surface area contributed by atoms with Gasteiger partial charge in [0.25, 0.3) is 0 Å².